The molecule has 1 heterocycles. The molecule has 0 aliphatic heterocycles. The Balaban J connectivity index is 2.57. The lowest BCUT2D eigenvalue weighted by atomic mass is 10.2. The molecule has 1 unspecified atom stereocenters. The maximum absolute atomic E-state index is 11.7. The summed E-state index contributed by atoms with van der Waals surface area (Å²) in [5.74, 6) is -0.942. The molecule has 6 heteroatoms. The van der Waals surface area contributed by atoms with Crippen LogP contribution in [0.15, 0.2) is 18.3 Å². The third-order valence-electron chi connectivity index (χ3n) is 2.12. The Labute approximate surface area is 104 Å². The maximum Gasteiger partial charge on any atom is 0.325 e. The third-order valence-corrected chi connectivity index (χ3v) is 2.46. The van der Waals surface area contributed by atoms with E-state index in [9.17, 15) is 9.59 Å². The molecule has 0 spiro atoms. The largest absolute Gasteiger partial charge is 0.468 e. The summed E-state index contributed by atoms with van der Waals surface area (Å²) in [7, 11) is 1.24. The Morgan fingerprint density at radius 2 is 2.29 bits per heavy atom. The molecule has 1 rings (SSSR count). The standard InChI is InChI=1S/C11H13ClN2O3/c1-7-4-3-5-13-9(7)10(15)14-6-8(12)11(16)17-2/h3-5,8H,6H2,1-2H3,(H,14,15). The van der Waals surface area contributed by atoms with Crippen molar-refractivity contribution in [3.63, 3.8) is 0 Å². The molecule has 17 heavy (non-hydrogen) atoms. The van der Waals surface area contributed by atoms with Crippen LogP contribution in [-0.2, 0) is 9.53 Å². The average Bonchev–Trinajstić information content (AvgIpc) is 2.35. The highest BCUT2D eigenvalue weighted by Gasteiger charge is 2.18. The fourth-order valence-electron chi connectivity index (χ4n) is 1.20. The van der Waals surface area contributed by atoms with Crippen LogP contribution in [0.25, 0.3) is 0 Å². The number of hydrogen-bond donors (Lipinski definition) is 1. The van der Waals surface area contributed by atoms with E-state index in [1.807, 2.05) is 0 Å². The van der Waals surface area contributed by atoms with Gasteiger partial charge in [-0.1, -0.05) is 6.07 Å². The van der Waals surface area contributed by atoms with Gasteiger partial charge in [-0.2, -0.15) is 0 Å². The van der Waals surface area contributed by atoms with Crippen molar-refractivity contribution in [2.75, 3.05) is 13.7 Å². The van der Waals surface area contributed by atoms with E-state index in [1.165, 1.54) is 13.3 Å². The molecular weight excluding hydrogens is 244 g/mol. The number of rotatable bonds is 4. The zero-order valence-corrected chi connectivity index (χ0v) is 10.3. The van der Waals surface area contributed by atoms with Crippen LogP contribution < -0.4 is 5.32 Å². The summed E-state index contributed by atoms with van der Waals surface area (Å²) in [5.41, 5.74) is 1.08. The Morgan fingerprint density at radius 1 is 1.59 bits per heavy atom. The monoisotopic (exact) mass is 256 g/mol. The molecule has 1 N–H and O–H groups in total. The van der Waals surface area contributed by atoms with E-state index in [1.54, 1.807) is 19.1 Å². The molecule has 0 saturated heterocycles. The summed E-state index contributed by atoms with van der Waals surface area (Å²) >= 11 is 5.69. The number of methoxy groups -OCH3 is 1. The first-order valence-electron chi connectivity index (χ1n) is 4.98. The molecule has 0 aliphatic carbocycles. The summed E-state index contributed by atoms with van der Waals surface area (Å²) in [4.78, 5) is 26.7. The van der Waals surface area contributed by atoms with E-state index in [4.69, 9.17) is 11.6 Å². The lowest BCUT2D eigenvalue weighted by molar-refractivity contribution is -0.140. The number of alkyl halides is 1. The van der Waals surface area contributed by atoms with Crippen LogP contribution in [0.5, 0.6) is 0 Å². The van der Waals surface area contributed by atoms with E-state index in [0.29, 0.717) is 5.69 Å². The molecule has 0 aromatic carbocycles. The normalized spacial score (nSPS) is 11.7. The minimum Gasteiger partial charge on any atom is -0.468 e. The van der Waals surface area contributed by atoms with Crippen molar-refractivity contribution in [2.45, 2.75) is 12.3 Å². The van der Waals surface area contributed by atoms with Gasteiger partial charge >= 0.3 is 5.97 Å². The Morgan fingerprint density at radius 3 is 2.88 bits per heavy atom. The zero-order chi connectivity index (χ0) is 12.8. The van der Waals surface area contributed by atoms with E-state index >= 15 is 0 Å². The summed E-state index contributed by atoms with van der Waals surface area (Å²) in [6.07, 6.45) is 1.53. The van der Waals surface area contributed by atoms with Gasteiger partial charge in [0.1, 0.15) is 11.1 Å². The Kier molecular flexibility index (Phi) is 4.90. The van der Waals surface area contributed by atoms with E-state index in [-0.39, 0.29) is 12.5 Å². The number of pyridine rings is 1. The quantitative estimate of drug-likeness (QED) is 0.642. The Hall–Kier alpha value is -1.62. The predicted octanol–water partition coefficient (Wildman–Crippen LogP) is 0.900. The second-order valence-corrected chi connectivity index (χ2v) is 3.90. The van der Waals surface area contributed by atoms with E-state index in [2.05, 4.69) is 15.0 Å². The highest BCUT2D eigenvalue weighted by molar-refractivity contribution is 6.30. The Bertz CT molecular complexity index is 423. The van der Waals surface area contributed by atoms with Crippen LogP contribution in [0.3, 0.4) is 0 Å². The van der Waals surface area contributed by atoms with Crippen molar-refractivity contribution < 1.29 is 14.3 Å². The predicted molar refractivity (Wildman–Crippen MR) is 63.0 cm³/mol. The van der Waals surface area contributed by atoms with Crippen molar-refractivity contribution in [2.24, 2.45) is 0 Å². The number of carbonyl (C=O) groups is 2. The fourth-order valence-corrected chi connectivity index (χ4v) is 1.37. The molecule has 1 atom stereocenters. The lowest BCUT2D eigenvalue weighted by Crippen LogP contribution is -2.34. The summed E-state index contributed by atoms with van der Waals surface area (Å²) in [6.45, 7) is 1.78. The molecule has 0 aliphatic rings. The third kappa shape index (κ3) is 3.71. The minimum absolute atomic E-state index is 0.00305. The number of amides is 1. The molecule has 1 aromatic heterocycles. The SMILES string of the molecule is COC(=O)C(Cl)CNC(=O)c1ncccc1C. The number of esters is 1. The first kappa shape index (κ1) is 13.4. The van der Waals surface area contributed by atoms with Gasteiger partial charge < -0.3 is 10.1 Å². The van der Waals surface area contributed by atoms with Crippen LogP contribution in [0.4, 0.5) is 0 Å². The number of aromatic nitrogens is 1. The highest BCUT2D eigenvalue weighted by Crippen LogP contribution is 2.03. The van der Waals surface area contributed by atoms with Crippen LogP contribution in [-0.4, -0.2) is 35.9 Å². The van der Waals surface area contributed by atoms with Crippen molar-refractivity contribution in [1.82, 2.24) is 10.3 Å². The van der Waals surface area contributed by atoms with Gasteiger partial charge in [-0.15, -0.1) is 11.6 Å². The van der Waals surface area contributed by atoms with Gasteiger partial charge in [0.25, 0.3) is 5.91 Å². The summed E-state index contributed by atoms with van der Waals surface area (Å²) in [6, 6.07) is 3.52. The van der Waals surface area contributed by atoms with Gasteiger partial charge in [0.2, 0.25) is 0 Å². The molecule has 1 aromatic rings. The molecule has 0 bridgehead atoms. The average molecular weight is 257 g/mol. The minimum atomic E-state index is -0.895. The van der Waals surface area contributed by atoms with Gasteiger partial charge in [-0.3, -0.25) is 14.6 Å². The summed E-state index contributed by atoms with van der Waals surface area (Å²) in [5, 5.41) is 1.63. The van der Waals surface area contributed by atoms with Crippen molar-refractivity contribution in [3.8, 4) is 0 Å². The van der Waals surface area contributed by atoms with Crippen LogP contribution in [0.1, 0.15) is 16.1 Å². The molecule has 92 valence electrons. The smallest absolute Gasteiger partial charge is 0.325 e. The van der Waals surface area contributed by atoms with Crippen LogP contribution in [0.2, 0.25) is 0 Å². The summed E-state index contributed by atoms with van der Waals surface area (Å²) < 4.78 is 4.44. The van der Waals surface area contributed by atoms with Gasteiger partial charge in [0.05, 0.1) is 7.11 Å². The van der Waals surface area contributed by atoms with Gasteiger partial charge in [-0.25, -0.2) is 0 Å². The molecule has 1 amide bonds. The number of halogens is 1. The molecule has 5 nitrogen and oxygen atoms in total. The van der Waals surface area contributed by atoms with Crippen molar-refractivity contribution in [1.29, 1.82) is 0 Å². The highest BCUT2D eigenvalue weighted by atomic mass is 35.5. The number of nitrogens with zero attached hydrogens (tertiary/aromatic N) is 1. The van der Waals surface area contributed by atoms with Gasteiger partial charge in [0.15, 0.2) is 0 Å². The van der Waals surface area contributed by atoms with Gasteiger partial charge in [-0.05, 0) is 18.6 Å². The fraction of sp³-hybridized carbons (Fsp3) is 0.364. The maximum atomic E-state index is 11.7. The van der Waals surface area contributed by atoms with Crippen LogP contribution >= 0.6 is 11.6 Å². The lowest BCUT2D eigenvalue weighted by Gasteiger charge is -2.09. The number of ether oxygens (including phenoxy) is 1. The van der Waals surface area contributed by atoms with Crippen molar-refractivity contribution >= 4 is 23.5 Å². The number of aryl methyl sites for hydroxylation is 1. The molecular formula is C11H13ClN2O3. The van der Waals surface area contributed by atoms with E-state index < -0.39 is 11.3 Å². The second-order valence-electron chi connectivity index (χ2n) is 3.37. The van der Waals surface area contributed by atoms with E-state index in [0.717, 1.165) is 5.56 Å². The second kappa shape index (κ2) is 6.20. The number of carbonyl (C=O) groups excluding carboxylic acids is 2. The van der Waals surface area contributed by atoms with Gasteiger partial charge in [0, 0.05) is 12.7 Å². The van der Waals surface area contributed by atoms with Crippen LogP contribution in [0, 0.1) is 6.92 Å². The molecule has 0 saturated carbocycles. The van der Waals surface area contributed by atoms with Crippen molar-refractivity contribution in [3.05, 3.63) is 29.6 Å². The molecule has 0 fully saturated rings. The number of hydrogen-bond acceptors (Lipinski definition) is 4. The number of nitrogens with one attached hydrogen (secondary N) is 1. The molecule has 0 radical (unpaired) electrons. The zero-order valence-electron chi connectivity index (χ0n) is 9.57. The first-order chi connectivity index (χ1) is 8.06. The first-order valence-corrected chi connectivity index (χ1v) is 5.41. The topological polar surface area (TPSA) is 68.3 Å².